The molecule has 0 saturated heterocycles. The first kappa shape index (κ1) is 15.2. The zero-order valence-corrected chi connectivity index (χ0v) is 11.6. The van der Waals surface area contributed by atoms with Crippen molar-refractivity contribution in [1.82, 2.24) is 5.32 Å². The molecule has 2 rings (SSSR count). The van der Waals surface area contributed by atoms with E-state index < -0.39 is 11.8 Å². The Balaban J connectivity index is 1.98. The number of amides is 1. The van der Waals surface area contributed by atoms with Crippen molar-refractivity contribution in [2.45, 2.75) is 25.7 Å². The Morgan fingerprint density at radius 1 is 1.33 bits per heavy atom. The second-order valence-electron chi connectivity index (χ2n) is 5.27. The molecule has 0 heterocycles. The molecule has 1 saturated carbocycles. The summed E-state index contributed by atoms with van der Waals surface area (Å²) in [5, 5.41) is 11.3. The second kappa shape index (κ2) is 7.02. The minimum Gasteiger partial charge on any atom is -0.478 e. The summed E-state index contributed by atoms with van der Waals surface area (Å²) in [7, 11) is 0. The average Bonchev–Trinajstić information content (AvgIpc) is 2.96. The first-order valence-corrected chi connectivity index (χ1v) is 7.05. The minimum atomic E-state index is -1.15. The molecular formula is C16H18FNO3. The van der Waals surface area contributed by atoms with Gasteiger partial charge in [-0.3, -0.25) is 4.79 Å². The van der Waals surface area contributed by atoms with Crippen LogP contribution in [0.1, 0.15) is 41.6 Å². The van der Waals surface area contributed by atoms with Gasteiger partial charge in [-0.15, -0.1) is 0 Å². The van der Waals surface area contributed by atoms with Crippen LogP contribution in [0, 0.1) is 11.7 Å². The van der Waals surface area contributed by atoms with Crippen LogP contribution < -0.4 is 5.32 Å². The fourth-order valence-electron chi connectivity index (χ4n) is 2.52. The molecule has 0 spiro atoms. The Labute approximate surface area is 122 Å². The lowest BCUT2D eigenvalue weighted by atomic mass is 10.1. The van der Waals surface area contributed by atoms with Gasteiger partial charge >= 0.3 is 5.97 Å². The number of halogens is 1. The lowest BCUT2D eigenvalue weighted by molar-refractivity contribution is -0.131. The number of carboxylic acid groups (broad SMARTS) is 1. The van der Waals surface area contributed by atoms with E-state index in [-0.39, 0.29) is 17.0 Å². The van der Waals surface area contributed by atoms with Gasteiger partial charge in [0, 0.05) is 23.7 Å². The number of carbonyl (C=O) groups is 2. The van der Waals surface area contributed by atoms with Gasteiger partial charge in [0.1, 0.15) is 5.82 Å². The fraction of sp³-hybridized carbons (Fsp3) is 0.375. The minimum absolute atomic E-state index is 0.143. The molecule has 0 aliphatic heterocycles. The van der Waals surface area contributed by atoms with Crippen LogP contribution in [-0.4, -0.2) is 23.5 Å². The number of carbonyl (C=O) groups excluding carboxylic acids is 1. The van der Waals surface area contributed by atoms with Crippen molar-refractivity contribution in [1.29, 1.82) is 0 Å². The Morgan fingerprint density at radius 3 is 2.67 bits per heavy atom. The van der Waals surface area contributed by atoms with Gasteiger partial charge in [-0.05, 0) is 37.0 Å². The van der Waals surface area contributed by atoms with Crippen molar-refractivity contribution in [3.63, 3.8) is 0 Å². The van der Waals surface area contributed by atoms with Crippen LogP contribution in [0.15, 0.2) is 24.3 Å². The number of hydrogen-bond acceptors (Lipinski definition) is 2. The lowest BCUT2D eigenvalue weighted by Crippen LogP contribution is -2.28. The molecule has 0 atom stereocenters. The molecule has 0 bridgehead atoms. The van der Waals surface area contributed by atoms with E-state index in [4.69, 9.17) is 5.11 Å². The molecule has 0 aromatic heterocycles. The molecule has 1 aromatic rings. The Bertz CT molecular complexity index is 563. The third kappa shape index (κ3) is 4.41. The van der Waals surface area contributed by atoms with E-state index in [0.717, 1.165) is 31.1 Å². The van der Waals surface area contributed by atoms with Crippen LogP contribution in [0.4, 0.5) is 4.39 Å². The number of rotatable bonds is 5. The Kier molecular flexibility index (Phi) is 5.09. The highest BCUT2D eigenvalue weighted by atomic mass is 19.1. The van der Waals surface area contributed by atoms with Crippen LogP contribution in [0.2, 0.25) is 0 Å². The SMILES string of the molecule is O=C(O)C=Cc1ccc(C(=O)NCC2CCCC2)cc1F. The number of carboxylic acids is 1. The summed E-state index contributed by atoms with van der Waals surface area (Å²) in [6.07, 6.45) is 6.71. The van der Waals surface area contributed by atoms with Crippen LogP contribution >= 0.6 is 0 Å². The van der Waals surface area contributed by atoms with Crippen molar-refractivity contribution in [3.8, 4) is 0 Å². The number of aliphatic carboxylic acids is 1. The summed E-state index contributed by atoms with van der Waals surface area (Å²) in [4.78, 5) is 22.3. The molecule has 112 valence electrons. The quantitative estimate of drug-likeness (QED) is 0.820. The van der Waals surface area contributed by atoms with E-state index in [0.29, 0.717) is 12.5 Å². The van der Waals surface area contributed by atoms with Crippen molar-refractivity contribution in [2.75, 3.05) is 6.54 Å². The van der Waals surface area contributed by atoms with Crippen LogP contribution in [-0.2, 0) is 4.79 Å². The first-order chi connectivity index (χ1) is 10.1. The Morgan fingerprint density at radius 2 is 2.05 bits per heavy atom. The first-order valence-electron chi connectivity index (χ1n) is 7.05. The fourth-order valence-corrected chi connectivity index (χ4v) is 2.52. The molecule has 1 amide bonds. The van der Waals surface area contributed by atoms with Gasteiger partial charge in [-0.2, -0.15) is 0 Å². The third-order valence-corrected chi connectivity index (χ3v) is 3.69. The second-order valence-corrected chi connectivity index (χ2v) is 5.27. The molecule has 5 heteroatoms. The zero-order valence-electron chi connectivity index (χ0n) is 11.6. The van der Waals surface area contributed by atoms with Crippen molar-refractivity contribution in [2.24, 2.45) is 5.92 Å². The molecule has 0 radical (unpaired) electrons. The molecule has 1 fully saturated rings. The number of benzene rings is 1. The van der Waals surface area contributed by atoms with Crippen molar-refractivity contribution < 1.29 is 19.1 Å². The number of hydrogen-bond donors (Lipinski definition) is 2. The highest BCUT2D eigenvalue weighted by molar-refractivity contribution is 5.94. The maximum atomic E-state index is 13.8. The van der Waals surface area contributed by atoms with E-state index >= 15 is 0 Å². The van der Waals surface area contributed by atoms with E-state index in [2.05, 4.69) is 5.32 Å². The summed E-state index contributed by atoms with van der Waals surface area (Å²) < 4.78 is 13.8. The smallest absolute Gasteiger partial charge is 0.328 e. The normalized spacial score (nSPS) is 15.5. The molecule has 1 aliphatic rings. The van der Waals surface area contributed by atoms with Crippen LogP contribution in [0.3, 0.4) is 0 Å². The molecule has 2 N–H and O–H groups in total. The monoisotopic (exact) mass is 291 g/mol. The predicted octanol–water partition coefficient (Wildman–Crippen LogP) is 2.84. The average molecular weight is 291 g/mol. The zero-order chi connectivity index (χ0) is 15.2. The van der Waals surface area contributed by atoms with Gasteiger partial charge in [0.15, 0.2) is 0 Å². The van der Waals surface area contributed by atoms with E-state index in [1.165, 1.54) is 25.0 Å². The van der Waals surface area contributed by atoms with Gasteiger partial charge in [-0.1, -0.05) is 18.9 Å². The van der Waals surface area contributed by atoms with Crippen LogP contribution in [0.5, 0.6) is 0 Å². The third-order valence-electron chi connectivity index (χ3n) is 3.69. The molecule has 1 aromatic carbocycles. The summed E-state index contributed by atoms with van der Waals surface area (Å²) in [5.41, 5.74) is 0.391. The summed E-state index contributed by atoms with van der Waals surface area (Å²) in [6, 6.07) is 4.03. The molecule has 0 unspecified atom stereocenters. The largest absolute Gasteiger partial charge is 0.478 e. The van der Waals surface area contributed by atoms with Crippen LogP contribution in [0.25, 0.3) is 6.08 Å². The topological polar surface area (TPSA) is 66.4 Å². The molecule has 4 nitrogen and oxygen atoms in total. The van der Waals surface area contributed by atoms with Gasteiger partial charge in [0.25, 0.3) is 5.91 Å². The molecule has 21 heavy (non-hydrogen) atoms. The van der Waals surface area contributed by atoms with Crippen molar-refractivity contribution in [3.05, 3.63) is 41.2 Å². The Hall–Kier alpha value is -2.17. The molecule has 1 aliphatic carbocycles. The summed E-state index contributed by atoms with van der Waals surface area (Å²) in [5.74, 6) is -1.53. The standard InChI is InChI=1S/C16H18FNO3/c17-14-9-13(6-5-12(14)7-8-15(19)20)16(21)18-10-11-3-1-2-4-11/h5-9,11H,1-4,10H2,(H,18,21)(H,19,20). The van der Waals surface area contributed by atoms with E-state index in [9.17, 15) is 14.0 Å². The van der Waals surface area contributed by atoms with E-state index in [1.807, 2.05) is 0 Å². The highest BCUT2D eigenvalue weighted by Gasteiger charge is 2.16. The highest BCUT2D eigenvalue weighted by Crippen LogP contribution is 2.23. The maximum Gasteiger partial charge on any atom is 0.328 e. The van der Waals surface area contributed by atoms with Gasteiger partial charge in [0.2, 0.25) is 0 Å². The van der Waals surface area contributed by atoms with Crippen molar-refractivity contribution >= 4 is 18.0 Å². The van der Waals surface area contributed by atoms with Gasteiger partial charge in [-0.25, -0.2) is 9.18 Å². The summed E-state index contributed by atoms with van der Waals surface area (Å²) >= 11 is 0. The number of nitrogens with one attached hydrogen (secondary N) is 1. The molecular weight excluding hydrogens is 273 g/mol. The van der Waals surface area contributed by atoms with E-state index in [1.54, 1.807) is 0 Å². The maximum absolute atomic E-state index is 13.8. The predicted molar refractivity (Wildman–Crippen MR) is 77.4 cm³/mol. The van der Waals surface area contributed by atoms with Gasteiger partial charge in [0.05, 0.1) is 0 Å². The van der Waals surface area contributed by atoms with Gasteiger partial charge < -0.3 is 10.4 Å². The lowest BCUT2D eigenvalue weighted by Gasteiger charge is -2.10. The summed E-state index contributed by atoms with van der Waals surface area (Å²) in [6.45, 7) is 0.626.